The Kier molecular flexibility index (Phi) is 2.78. The summed E-state index contributed by atoms with van der Waals surface area (Å²) in [5.41, 5.74) is 6.51. The largest absolute Gasteiger partial charge is 0.479 e. The van der Waals surface area contributed by atoms with Crippen molar-refractivity contribution in [2.24, 2.45) is 23.5 Å². The van der Waals surface area contributed by atoms with Crippen molar-refractivity contribution in [1.29, 1.82) is 0 Å². The van der Waals surface area contributed by atoms with Crippen LogP contribution in [-0.4, -0.2) is 28.9 Å². The number of fused-ring (bicyclic) bond motifs is 2. The number of Topliss-reactive ketones (excluding diaryl/α,β-unsaturated/α-hetero) is 1. The van der Waals surface area contributed by atoms with E-state index < -0.39 is 0 Å². The van der Waals surface area contributed by atoms with E-state index in [4.69, 9.17) is 10.5 Å². The number of hydrogen-bond acceptors (Lipinski definition) is 5. The molecule has 0 saturated heterocycles. The van der Waals surface area contributed by atoms with Gasteiger partial charge in [-0.25, -0.2) is 9.97 Å². The highest BCUT2D eigenvalue weighted by molar-refractivity contribution is 5.99. The Balaban J connectivity index is 1.91. The highest BCUT2D eigenvalue weighted by Crippen LogP contribution is 2.48. The number of ketones is 1. The molecule has 2 saturated carbocycles. The molecule has 96 valence electrons. The number of ether oxygens (including phenoxy) is 1. The van der Waals surface area contributed by atoms with E-state index in [-0.39, 0.29) is 17.7 Å². The van der Waals surface area contributed by atoms with Gasteiger partial charge in [0.25, 0.3) is 0 Å². The number of rotatable bonds is 3. The zero-order valence-electron chi connectivity index (χ0n) is 10.4. The maximum atomic E-state index is 12.6. The third-order valence-electron chi connectivity index (χ3n) is 4.37. The molecular weight excluding hydrogens is 230 g/mol. The van der Waals surface area contributed by atoms with Crippen LogP contribution in [0.1, 0.15) is 29.8 Å². The van der Waals surface area contributed by atoms with Crippen molar-refractivity contribution in [2.75, 3.05) is 7.11 Å². The third kappa shape index (κ3) is 1.61. The zero-order chi connectivity index (χ0) is 12.7. The SMILES string of the molecule is COc1nccnc1C(=O)C1C2CCC(C2)C1N. The summed E-state index contributed by atoms with van der Waals surface area (Å²) in [4.78, 5) is 20.7. The first-order chi connectivity index (χ1) is 8.72. The summed E-state index contributed by atoms with van der Waals surface area (Å²) in [5.74, 6) is 1.13. The monoisotopic (exact) mass is 247 g/mol. The number of aromatic nitrogens is 2. The summed E-state index contributed by atoms with van der Waals surface area (Å²) < 4.78 is 5.11. The lowest BCUT2D eigenvalue weighted by atomic mass is 9.81. The minimum absolute atomic E-state index is 0.000324. The Bertz CT molecular complexity index is 475. The smallest absolute Gasteiger partial charge is 0.243 e. The number of hydrogen-bond donors (Lipinski definition) is 1. The molecule has 5 heteroatoms. The number of carbonyl (C=O) groups is 1. The molecular formula is C13H17N3O2. The number of nitrogens with zero attached hydrogens (tertiary/aromatic N) is 2. The fourth-order valence-corrected chi connectivity index (χ4v) is 3.53. The maximum absolute atomic E-state index is 12.6. The predicted molar refractivity (Wildman–Crippen MR) is 65.2 cm³/mol. The molecule has 2 N–H and O–H groups in total. The van der Waals surface area contributed by atoms with E-state index in [9.17, 15) is 4.79 Å². The van der Waals surface area contributed by atoms with Crippen LogP contribution in [0.5, 0.6) is 5.88 Å². The molecule has 0 radical (unpaired) electrons. The van der Waals surface area contributed by atoms with Crippen LogP contribution in [-0.2, 0) is 0 Å². The molecule has 2 fully saturated rings. The van der Waals surface area contributed by atoms with Gasteiger partial charge in [0.15, 0.2) is 11.5 Å². The lowest BCUT2D eigenvalue weighted by Gasteiger charge is -2.26. The molecule has 4 unspecified atom stereocenters. The molecule has 0 amide bonds. The summed E-state index contributed by atoms with van der Waals surface area (Å²) in [6, 6.07) is -0.0250. The minimum atomic E-state index is -0.102. The van der Waals surface area contributed by atoms with Crippen LogP contribution in [0.2, 0.25) is 0 Å². The first-order valence-electron chi connectivity index (χ1n) is 6.37. The molecule has 18 heavy (non-hydrogen) atoms. The average Bonchev–Trinajstić information content (AvgIpc) is 2.98. The van der Waals surface area contributed by atoms with Crippen molar-refractivity contribution >= 4 is 5.78 Å². The van der Waals surface area contributed by atoms with Crippen molar-refractivity contribution in [2.45, 2.75) is 25.3 Å². The fourth-order valence-electron chi connectivity index (χ4n) is 3.53. The summed E-state index contributed by atoms with van der Waals surface area (Å²) >= 11 is 0. The molecule has 0 aliphatic heterocycles. The molecule has 2 bridgehead atoms. The van der Waals surface area contributed by atoms with Gasteiger partial charge in [0.05, 0.1) is 7.11 Å². The van der Waals surface area contributed by atoms with Crippen molar-refractivity contribution in [1.82, 2.24) is 9.97 Å². The van der Waals surface area contributed by atoms with Crippen LogP contribution in [0.3, 0.4) is 0 Å². The quantitative estimate of drug-likeness (QED) is 0.807. The van der Waals surface area contributed by atoms with Gasteiger partial charge in [0, 0.05) is 24.4 Å². The standard InChI is InChI=1S/C13H17N3O2/c1-18-13-11(15-4-5-16-13)12(17)9-7-2-3-8(6-7)10(9)14/h4-5,7-10H,2-3,6,14H2,1H3. The molecule has 2 aliphatic carbocycles. The average molecular weight is 247 g/mol. The predicted octanol–water partition coefficient (Wildman–Crippen LogP) is 1.04. The molecule has 3 rings (SSSR count). The lowest BCUT2D eigenvalue weighted by Crippen LogP contribution is -2.40. The zero-order valence-corrected chi connectivity index (χ0v) is 10.4. The molecule has 1 aromatic rings. The number of methoxy groups -OCH3 is 1. The topological polar surface area (TPSA) is 78.1 Å². The molecule has 2 aliphatic rings. The van der Waals surface area contributed by atoms with Gasteiger partial charge in [-0.2, -0.15) is 0 Å². The molecule has 5 nitrogen and oxygen atoms in total. The van der Waals surface area contributed by atoms with Gasteiger partial charge in [0.1, 0.15) is 0 Å². The summed E-state index contributed by atoms with van der Waals surface area (Å²) in [6.07, 6.45) is 6.40. The lowest BCUT2D eigenvalue weighted by molar-refractivity contribution is 0.0846. The van der Waals surface area contributed by atoms with Crippen LogP contribution >= 0.6 is 0 Å². The Morgan fingerprint density at radius 3 is 2.72 bits per heavy atom. The summed E-state index contributed by atoms with van der Waals surface area (Å²) in [7, 11) is 1.50. The number of nitrogens with two attached hydrogens (primary N) is 1. The Hall–Kier alpha value is -1.49. The van der Waals surface area contributed by atoms with Gasteiger partial charge in [0.2, 0.25) is 5.88 Å². The van der Waals surface area contributed by atoms with E-state index in [1.807, 2.05) is 0 Å². The van der Waals surface area contributed by atoms with Crippen molar-refractivity contribution in [3.8, 4) is 5.88 Å². The highest BCUT2D eigenvalue weighted by Gasteiger charge is 2.49. The first kappa shape index (κ1) is 11.6. The van der Waals surface area contributed by atoms with Crippen LogP contribution < -0.4 is 10.5 Å². The van der Waals surface area contributed by atoms with Gasteiger partial charge in [-0.15, -0.1) is 0 Å². The second kappa shape index (κ2) is 4.31. The molecule has 1 heterocycles. The second-order valence-electron chi connectivity index (χ2n) is 5.21. The van der Waals surface area contributed by atoms with E-state index in [1.54, 1.807) is 0 Å². The van der Waals surface area contributed by atoms with Crippen LogP contribution in [0, 0.1) is 17.8 Å². The van der Waals surface area contributed by atoms with E-state index >= 15 is 0 Å². The second-order valence-corrected chi connectivity index (χ2v) is 5.21. The van der Waals surface area contributed by atoms with Gasteiger partial charge in [-0.05, 0) is 31.1 Å². The van der Waals surface area contributed by atoms with Crippen molar-refractivity contribution in [3.05, 3.63) is 18.1 Å². The van der Waals surface area contributed by atoms with E-state index in [0.29, 0.717) is 23.4 Å². The van der Waals surface area contributed by atoms with E-state index in [1.165, 1.54) is 19.5 Å². The van der Waals surface area contributed by atoms with E-state index in [0.717, 1.165) is 19.3 Å². The van der Waals surface area contributed by atoms with Gasteiger partial charge in [-0.1, -0.05) is 0 Å². The maximum Gasteiger partial charge on any atom is 0.243 e. The molecule has 0 spiro atoms. The molecule has 4 atom stereocenters. The number of carbonyl (C=O) groups excluding carboxylic acids is 1. The minimum Gasteiger partial charge on any atom is -0.479 e. The highest BCUT2D eigenvalue weighted by atomic mass is 16.5. The Morgan fingerprint density at radius 1 is 1.33 bits per heavy atom. The third-order valence-corrected chi connectivity index (χ3v) is 4.37. The normalized spacial score (nSPS) is 33.7. The Morgan fingerprint density at radius 2 is 2.06 bits per heavy atom. The van der Waals surface area contributed by atoms with Crippen LogP contribution in [0.4, 0.5) is 0 Å². The molecule has 0 aromatic carbocycles. The first-order valence-corrected chi connectivity index (χ1v) is 6.37. The summed E-state index contributed by atoms with van der Waals surface area (Å²) in [5, 5.41) is 0. The van der Waals surface area contributed by atoms with Gasteiger partial charge >= 0.3 is 0 Å². The van der Waals surface area contributed by atoms with Gasteiger partial charge in [-0.3, -0.25) is 4.79 Å². The van der Waals surface area contributed by atoms with Crippen molar-refractivity contribution in [3.63, 3.8) is 0 Å². The summed E-state index contributed by atoms with van der Waals surface area (Å²) in [6.45, 7) is 0. The van der Waals surface area contributed by atoms with E-state index in [2.05, 4.69) is 9.97 Å². The Labute approximate surface area is 106 Å². The van der Waals surface area contributed by atoms with Crippen LogP contribution in [0.25, 0.3) is 0 Å². The van der Waals surface area contributed by atoms with Crippen molar-refractivity contribution < 1.29 is 9.53 Å². The molecule has 1 aromatic heterocycles. The fraction of sp³-hybridized carbons (Fsp3) is 0.615. The van der Waals surface area contributed by atoms with Crippen LogP contribution in [0.15, 0.2) is 12.4 Å². The van der Waals surface area contributed by atoms with Gasteiger partial charge < -0.3 is 10.5 Å².